The fourth-order valence-electron chi connectivity index (χ4n) is 2.87. The van der Waals surface area contributed by atoms with Crippen LogP contribution in [0.5, 0.6) is 0 Å². The zero-order valence-corrected chi connectivity index (χ0v) is 16.1. The van der Waals surface area contributed by atoms with E-state index < -0.39 is 10.0 Å². The van der Waals surface area contributed by atoms with Crippen molar-refractivity contribution in [1.82, 2.24) is 4.31 Å². The minimum atomic E-state index is -3.44. The summed E-state index contributed by atoms with van der Waals surface area (Å²) in [6.07, 6.45) is 1.02. The van der Waals surface area contributed by atoms with Gasteiger partial charge in [0.25, 0.3) is 10.0 Å². The zero-order chi connectivity index (χ0) is 18.0. The van der Waals surface area contributed by atoms with Crippen molar-refractivity contribution < 1.29 is 13.2 Å². The quantitative estimate of drug-likeness (QED) is 0.852. The Morgan fingerprint density at radius 2 is 1.96 bits per heavy atom. The molecule has 5 nitrogen and oxygen atoms in total. The Bertz CT molecular complexity index is 858. The van der Waals surface area contributed by atoms with Gasteiger partial charge in [0.05, 0.1) is 0 Å². The molecule has 0 unspecified atom stereocenters. The molecular formula is C17H19ClN2O3S2. The molecule has 1 fully saturated rings. The van der Waals surface area contributed by atoms with Crippen molar-refractivity contribution in [1.29, 1.82) is 0 Å². The largest absolute Gasteiger partial charge is 0.326 e. The van der Waals surface area contributed by atoms with Crippen molar-refractivity contribution in [2.45, 2.75) is 24.0 Å². The van der Waals surface area contributed by atoms with Gasteiger partial charge in [0.2, 0.25) is 5.91 Å². The van der Waals surface area contributed by atoms with Crippen molar-refractivity contribution in [3.63, 3.8) is 0 Å². The highest BCUT2D eigenvalue weighted by atomic mass is 35.5. The lowest BCUT2D eigenvalue weighted by molar-refractivity contribution is -0.120. The molecule has 1 amide bonds. The van der Waals surface area contributed by atoms with Crippen molar-refractivity contribution in [2.24, 2.45) is 5.92 Å². The molecular weight excluding hydrogens is 380 g/mol. The summed E-state index contributed by atoms with van der Waals surface area (Å²) < 4.78 is 26.9. The van der Waals surface area contributed by atoms with Crippen LogP contribution in [-0.2, 0) is 14.8 Å². The summed E-state index contributed by atoms with van der Waals surface area (Å²) in [5.41, 5.74) is 1.53. The predicted molar refractivity (Wildman–Crippen MR) is 101 cm³/mol. The molecule has 1 aromatic carbocycles. The van der Waals surface area contributed by atoms with E-state index in [1.54, 1.807) is 29.6 Å². The minimum Gasteiger partial charge on any atom is -0.326 e. The molecule has 8 heteroatoms. The highest BCUT2D eigenvalue weighted by Gasteiger charge is 2.32. The predicted octanol–water partition coefficient (Wildman–Crippen LogP) is 3.75. The Labute approximate surface area is 156 Å². The molecule has 0 spiro atoms. The number of carbonyl (C=O) groups excluding carboxylic acids is 1. The average Bonchev–Trinajstić information content (AvgIpc) is 3.14. The first-order valence-electron chi connectivity index (χ1n) is 7.99. The molecule has 0 saturated carbocycles. The first-order valence-corrected chi connectivity index (χ1v) is 10.7. The van der Waals surface area contributed by atoms with E-state index in [1.807, 2.05) is 13.0 Å². The Morgan fingerprint density at radius 1 is 1.24 bits per heavy atom. The Morgan fingerprint density at radius 3 is 2.60 bits per heavy atom. The van der Waals surface area contributed by atoms with Gasteiger partial charge >= 0.3 is 0 Å². The number of amides is 1. The van der Waals surface area contributed by atoms with Gasteiger partial charge in [0.15, 0.2) is 0 Å². The second kappa shape index (κ2) is 7.45. The zero-order valence-electron chi connectivity index (χ0n) is 13.7. The number of rotatable bonds is 4. The molecule has 134 valence electrons. The summed E-state index contributed by atoms with van der Waals surface area (Å²) in [7, 11) is -3.44. The normalized spacial score (nSPS) is 16.7. The summed E-state index contributed by atoms with van der Waals surface area (Å²) in [4.78, 5) is 12.5. The standard InChI is InChI=1S/C17H19ClN2O3S2/c1-12-14(18)4-2-5-15(12)19-17(21)13-7-9-20(10-8-13)25(22,23)16-6-3-11-24-16/h2-6,11,13H,7-10H2,1H3,(H,19,21). The molecule has 25 heavy (non-hydrogen) atoms. The van der Waals surface area contributed by atoms with E-state index in [1.165, 1.54) is 15.6 Å². The van der Waals surface area contributed by atoms with Gasteiger partial charge in [-0.2, -0.15) is 4.31 Å². The van der Waals surface area contributed by atoms with Crippen LogP contribution in [0, 0.1) is 12.8 Å². The van der Waals surface area contributed by atoms with Crippen LogP contribution in [0.4, 0.5) is 5.69 Å². The number of piperidine rings is 1. The molecule has 2 aromatic rings. The lowest BCUT2D eigenvalue weighted by Gasteiger charge is -2.30. The molecule has 0 aliphatic carbocycles. The van der Waals surface area contributed by atoms with Crippen LogP contribution < -0.4 is 5.32 Å². The molecule has 2 heterocycles. The second-order valence-corrected chi connectivity index (χ2v) is 9.53. The number of hydrogen-bond acceptors (Lipinski definition) is 4. The second-order valence-electron chi connectivity index (χ2n) is 6.01. The lowest BCUT2D eigenvalue weighted by atomic mass is 9.97. The van der Waals surface area contributed by atoms with E-state index in [4.69, 9.17) is 11.6 Å². The fourth-order valence-corrected chi connectivity index (χ4v) is 5.66. The third kappa shape index (κ3) is 3.89. The van der Waals surface area contributed by atoms with E-state index in [-0.39, 0.29) is 11.8 Å². The molecule has 1 N–H and O–H groups in total. The molecule has 0 bridgehead atoms. The summed E-state index contributed by atoms with van der Waals surface area (Å²) in [6.45, 7) is 2.56. The Balaban J connectivity index is 1.62. The maximum Gasteiger partial charge on any atom is 0.252 e. The third-order valence-electron chi connectivity index (χ3n) is 4.44. The summed E-state index contributed by atoms with van der Waals surface area (Å²) in [5.74, 6) is -0.285. The van der Waals surface area contributed by atoms with Gasteiger partial charge in [-0.3, -0.25) is 4.79 Å². The van der Waals surface area contributed by atoms with Crippen LogP contribution in [-0.4, -0.2) is 31.7 Å². The summed E-state index contributed by atoms with van der Waals surface area (Å²) in [5, 5.41) is 5.27. The minimum absolute atomic E-state index is 0.0847. The van der Waals surface area contributed by atoms with Gasteiger partial charge in [0.1, 0.15) is 4.21 Å². The molecule has 1 aliphatic rings. The van der Waals surface area contributed by atoms with Crippen LogP contribution in [0.3, 0.4) is 0 Å². The van der Waals surface area contributed by atoms with Crippen LogP contribution in [0.15, 0.2) is 39.9 Å². The van der Waals surface area contributed by atoms with Crippen LogP contribution in [0.1, 0.15) is 18.4 Å². The highest BCUT2D eigenvalue weighted by molar-refractivity contribution is 7.91. The van der Waals surface area contributed by atoms with Gasteiger partial charge in [-0.1, -0.05) is 23.7 Å². The first-order chi connectivity index (χ1) is 11.9. The maximum atomic E-state index is 12.5. The topological polar surface area (TPSA) is 66.5 Å². The van der Waals surface area contributed by atoms with E-state index in [0.29, 0.717) is 40.9 Å². The van der Waals surface area contributed by atoms with Crippen LogP contribution in [0.2, 0.25) is 5.02 Å². The number of benzene rings is 1. The van der Waals surface area contributed by atoms with Crippen LogP contribution >= 0.6 is 22.9 Å². The van der Waals surface area contributed by atoms with Gasteiger partial charge in [-0.05, 0) is 48.9 Å². The number of nitrogens with one attached hydrogen (secondary N) is 1. The summed E-state index contributed by atoms with van der Waals surface area (Å²) in [6, 6.07) is 8.73. The number of carbonyl (C=O) groups is 1. The number of hydrogen-bond donors (Lipinski definition) is 1. The molecule has 1 saturated heterocycles. The van der Waals surface area contributed by atoms with E-state index in [0.717, 1.165) is 5.56 Å². The Kier molecular flexibility index (Phi) is 5.48. The molecule has 1 aromatic heterocycles. The van der Waals surface area contributed by atoms with E-state index >= 15 is 0 Å². The summed E-state index contributed by atoms with van der Waals surface area (Å²) >= 11 is 7.29. The van der Waals surface area contributed by atoms with Crippen molar-refractivity contribution in [2.75, 3.05) is 18.4 Å². The highest BCUT2D eigenvalue weighted by Crippen LogP contribution is 2.28. The van der Waals surface area contributed by atoms with E-state index in [2.05, 4.69) is 5.32 Å². The van der Waals surface area contributed by atoms with Gasteiger partial charge in [-0.15, -0.1) is 11.3 Å². The smallest absolute Gasteiger partial charge is 0.252 e. The first kappa shape index (κ1) is 18.4. The van der Waals surface area contributed by atoms with Gasteiger partial charge in [0, 0.05) is 29.7 Å². The number of sulfonamides is 1. The lowest BCUT2D eigenvalue weighted by Crippen LogP contribution is -2.41. The van der Waals surface area contributed by atoms with E-state index in [9.17, 15) is 13.2 Å². The third-order valence-corrected chi connectivity index (χ3v) is 8.12. The van der Waals surface area contributed by atoms with Gasteiger partial charge < -0.3 is 5.32 Å². The van der Waals surface area contributed by atoms with Crippen LogP contribution in [0.25, 0.3) is 0 Å². The van der Waals surface area contributed by atoms with Crippen molar-refractivity contribution >= 4 is 44.6 Å². The molecule has 0 atom stereocenters. The fraction of sp³-hybridized carbons (Fsp3) is 0.353. The monoisotopic (exact) mass is 398 g/mol. The maximum absolute atomic E-state index is 12.5. The number of halogens is 1. The molecule has 1 aliphatic heterocycles. The molecule has 0 radical (unpaired) electrons. The Hall–Kier alpha value is -1.41. The average molecular weight is 399 g/mol. The number of nitrogens with zero attached hydrogens (tertiary/aromatic N) is 1. The number of anilines is 1. The van der Waals surface area contributed by atoms with Gasteiger partial charge in [-0.25, -0.2) is 8.42 Å². The number of thiophene rings is 1. The molecule has 3 rings (SSSR count). The van der Waals surface area contributed by atoms with Crippen molar-refractivity contribution in [3.05, 3.63) is 46.3 Å². The van der Waals surface area contributed by atoms with Crippen molar-refractivity contribution in [3.8, 4) is 0 Å². The SMILES string of the molecule is Cc1c(Cl)cccc1NC(=O)C1CCN(S(=O)(=O)c2cccs2)CC1.